The molecule has 1 aromatic rings. The Morgan fingerprint density at radius 2 is 1.95 bits per heavy atom. The Morgan fingerprint density at radius 1 is 1.38 bits per heavy atom. The van der Waals surface area contributed by atoms with Crippen LogP contribution in [-0.4, -0.2) is 30.8 Å². The third kappa shape index (κ3) is 5.68. The number of nitrogens with zero attached hydrogens (tertiary/aromatic N) is 2. The number of ether oxygens (including phenoxy) is 1. The molecule has 1 aromatic heterocycles. The van der Waals surface area contributed by atoms with Gasteiger partial charge in [-0.15, -0.1) is 4.72 Å². The number of rotatable bonds is 3. The molecule has 0 bridgehead atoms. The van der Waals surface area contributed by atoms with E-state index in [-0.39, 0.29) is 10.8 Å². The molecule has 1 heterocycles. The standard InChI is InChI=1S/C14H25N3O3S/c1-10(16-21(19)14(5,6)7)11-8-9-17(15-11)12(18)20-13(2,3)4/h8-10,16H,1-7H3/t10-,21-/m0/s1. The Bertz CT molecular complexity index is 488. The van der Waals surface area contributed by atoms with Gasteiger partial charge in [-0.2, -0.15) is 9.78 Å². The number of nitrogens with one attached hydrogen (secondary N) is 1. The molecule has 0 radical (unpaired) electrons. The molecule has 0 aliphatic rings. The van der Waals surface area contributed by atoms with Crippen molar-refractivity contribution in [2.24, 2.45) is 0 Å². The molecule has 6 nitrogen and oxygen atoms in total. The summed E-state index contributed by atoms with van der Waals surface area (Å²) in [5.41, 5.74) is 0.0688. The highest BCUT2D eigenvalue weighted by Crippen LogP contribution is 2.18. The zero-order chi connectivity index (χ0) is 16.4. The second-order valence-electron chi connectivity index (χ2n) is 6.89. The van der Waals surface area contributed by atoms with Crippen LogP contribution in [0, 0.1) is 0 Å². The number of carbonyl (C=O) groups is 1. The van der Waals surface area contributed by atoms with Crippen LogP contribution < -0.4 is 4.72 Å². The minimum Gasteiger partial charge on any atom is -0.598 e. The predicted molar refractivity (Wildman–Crippen MR) is 83.3 cm³/mol. The van der Waals surface area contributed by atoms with E-state index in [2.05, 4.69) is 9.82 Å². The summed E-state index contributed by atoms with van der Waals surface area (Å²) < 4.78 is 21.1. The topological polar surface area (TPSA) is 79.2 Å². The van der Waals surface area contributed by atoms with Crippen LogP contribution in [0.5, 0.6) is 0 Å². The molecule has 1 rings (SSSR count). The van der Waals surface area contributed by atoms with Gasteiger partial charge in [0.15, 0.2) is 0 Å². The third-order valence-electron chi connectivity index (χ3n) is 2.47. The Balaban J connectivity index is 2.73. The van der Waals surface area contributed by atoms with Crippen LogP contribution in [0.25, 0.3) is 0 Å². The summed E-state index contributed by atoms with van der Waals surface area (Å²) in [5, 5.41) is 4.17. The zero-order valence-corrected chi connectivity index (χ0v) is 14.6. The molecule has 0 saturated heterocycles. The van der Waals surface area contributed by atoms with E-state index >= 15 is 0 Å². The summed E-state index contributed by atoms with van der Waals surface area (Å²) >= 11 is -1.20. The Morgan fingerprint density at radius 3 is 2.43 bits per heavy atom. The van der Waals surface area contributed by atoms with Gasteiger partial charge in [-0.05, 0) is 54.5 Å². The molecule has 0 aliphatic heterocycles. The van der Waals surface area contributed by atoms with Gasteiger partial charge in [0.25, 0.3) is 0 Å². The fourth-order valence-corrected chi connectivity index (χ4v) is 2.17. The van der Waals surface area contributed by atoms with Crippen molar-refractivity contribution < 1.29 is 14.1 Å². The van der Waals surface area contributed by atoms with Gasteiger partial charge < -0.3 is 9.29 Å². The van der Waals surface area contributed by atoms with Crippen molar-refractivity contribution in [1.82, 2.24) is 14.5 Å². The van der Waals surface area contributed by atoms with Gasteiger partial charge in [0, 0.05) is 17.6 Å². The van der Waals surface area contributed by atoms with E-state index in [9.17, 15) is 9.35 Å². The zero-order valence-electron chi connectivity index (χ0n) is 13.8. The fraction of sp³-hybridized carbons (Fsp3) is 0.714. The molecule has 1 N–H and O–H groups in total. The minimum absolute atomic E-state index is 0.228. The maximum absolute atomic E-state index is 12.1. The Hall–Kier alpha value is -1.05. The molecule has 0 spiro atoms. The largest absolute Gasteiger partial charge is 0.598 e. The number of hydrogen-bond donors (Lipinski definition) is 1. The van der Waals surface area contributed by atoms with Crippen LogP contribution >= 0.6 is 0 Å². The summed E-state index contributed by atoms with van der Waals surface area (Å²) in [7, 11) is 0. The second-order valence-corrected chi connectivity index (χ2v) is 8.88. The van der Waals surface area contributed by atoms with E-state index in [0.717, 1.165) is 4.68 Å². The monoisotopic (exact) mass is 315 g/mol. The first-order valence-electron chi connectivity index (χ1n) is 6.87. The highest BCUT2D eigenvalue weighted by Gasteiger charge is 2.29. The molecule has 0 unspecified atom stereocenters. The number of carbonyl (C=O) groups excluding carboxylic acids is 1. The van der Waals surface area contributed by atoms with Crippen molar-refractivity contribution in [2.75, 3.05) is 0 Å². The highest BCUT2D eigenvalue weighted by molar-refractivity contribution is 7.90. The van der Waals surface area contributed by atoms with E-state index < -0.39 is 23.1 Å². The van der Waals surface area contributed by atoms with Gasteiger partial charge >= 0.3 is 6.09 Å². The maximum atomic E-state index is 12.1. The predicted octanol–water partition coefficient (Wildman–Crippen LogP) is 2.78. The normalized spacial score (nSPS) is 15.6. The van der Waals surface area contributed by atoms with E-state index in [0.29, 0.717) is 5.69 Å². The van der Waals surface area contributed by atoms with E-state index in [1.54, 1.807) is 33.0 Å². The quantitative estimate of drug-likeness (QED) is 0.868. The van der Waals surface area contributed by atoms with Gasteiger partial charge in [0.2, 0.25) is 0 Å². The lowest BCUT2D eigenvalue weighted by molar-refractivity contribution is 0.0513. The van der Waals surface area contributed by atoms with E-state index in [4.69, 9.17) is 4.74 Å². The molecule has 0 saturated carbocycles. The first kappa shape index (κ1) is 18.0. The van der Waals surface area contributed by atoms with Crippen LogP contribution in [-0.2, 0) is 16.1 Å². The fourth-order valence-electron chi connectivity index (χ4n) is 1.38. The molecule has 7 heteroatoms. The summed E-state index contributed by atoms with van der Waals surface area (Å²) in [6.07, 6.45) is 1.01. The molecule has 120 valence electrons. The van der Waals surface area contributed by atoms with Crippen molar-refractivity contribution in [1.29, 1.82) is 0 Å². The molecular weight excluding hydrogens is 290 g/mol. The van der Waals surface area contributed by atoms with Crippen LogP contribution in [0.1, 0.15) is 60.2 Å². The smallest absolute Gasteiger partial charge is 0.435 e. The molecule has 0 amide bonds. The summed E-state index contributed by atoms with van der Waals surface area (Å²) in [4.78, 5) is 11.9. The SMILES string of the molecule is C[C@H](N[S@@+]([O-])C(C)(C)C)c1ccn(C(=O)OC(C)(C)C)n1. The molecule has 0 aromatic carbocycles. The second kappa shape index (κ2) is 6.37. The van der Waals surface area contributed by atoms with Crippen LogP contribution in [0.3, 0.4) is 0 Å². The summed E-state index contributed by atoms with van der Waals surface area (Å²) in [5.74, 6) is 0. The van der Waals surface area contributed by atoms with Crippen LogP contribution in [0.2, 0.25) is 0 Å². The average Bonchev–Trinajstić information content (AvgIpc) is 2.74. The first-order valence-corrected chi connectivity index (χ1v) is 8.02. The lowest BCUT2D eigenvalue weighted by atomic mass is 10.2. The van der Waals surface area contributed by atoms with Crippen LogP contribution in [0.15, 0.2) is 12.3 Å². The van der Waals surface area contributed by atoms with Crippen LogP contribution in [0.4, 0.5) is 4.79 Å². The van der Waals surface area contributed by atoms with Gasteiger partial charge in [-0.3, -0.25) is 0 Å². The molecular formula is C14H25N3O3S. The van der Waals surface area contributed by atoms with Gasteiger partial charge in [-0.25, -0.2) is 4.79 Å². The van der Waals surface area contributed by atoms with Gasteiger partial charge in [0.1, 0.15) is 10.3 Å². The Kier molecular flexibility index (Phi) is 5.46. The number of hydrogen-bond acceptors (Lipinski definition) is 5. The molecule has 2 atom stereocenters. The van der Waals surface area contributed by atoms with Crippen molar-refractivity contribution in [3.05, 3.63) is 18.0 Å². The number of aromatic nitrogens is 2. The molecule has 0 aliphatic carbocycles. The van der Waals surface area contributed by atoms with Crippen molar-refractivity contribution >= 4 is 17.5 Å². The average molecular weight is 315 g/mol. The molecule has 0 fully saturated rings. The van der Waals surface area contributed by atoms with E-state index in [1.807, 2.05) is 27.7 Å². The lowest BCUT2D eigenvalue weighted by Crippen LogP contribution is -2.40. The van der Waals surface area contributed by atoms with Crippen molar-refractivity contribution in [2.45, 2.75) is 64.9 Å². The lowest BCUT2D eigenvalue weighted by Gasteiger charge is -2.25. The third-order valence-corrected chi connectivity index (χ3v) is 4.15. The summed E-state index contributed by atoms with van der Waals surface area (Å²) in [6.45, 7) is 12.9. The maximum Gasteiger partial charge on any atom is 0.435 e. The Labute approximate surface area is 129 Å². The van der Waals surface area contributed by atoms with Crippen molar-refractivity contribution in [3.63, 3.8) is 0 Å². The van der Waals surface area contributed by atoms with Gasteiger partial charge in [-0.1, -0.05) is 0 Å². The first-order chi connectivity index (χ1) is 9.40. The van der Waals surface area contributed by atoms with Crippen molar-refractivity contribution in [3.8, 4) is 0 Å². The summed E-state index contributed by atoms with van der Waals surface area (Å²) in [6, 6.07) is 1.48. The van der Waals surface area contributed by atoms with E-state index in [1.165, 1.54) is 0 Å². The molecule has 21 heavy (non-hydrogen) atoms. The van der Waals surface area contributed by atoms with Gasteiger partial charge in [0.05, 0.1) is 11.7 Å². The minimum atomic E-state index is -1.20. The highest BCUT2D eigenvalue weighted by atomic mass is 32.2.